The van der Waals surface area contributed by atoms with Gasteiger partial charge in [-0.1, -0.05) is 25.0 Å². The lowest BCUT2D eigenvalue weighted by molar-refractivity contribution is -0.145. The fourth-order valence-corrected chi connectivity index (χ4v) is 2.18. The quantitative estimate of drug-likeness (QED) is 0.512. The maximum Gasteiger partial charge on any atom is 0.329 e. The molecule has 2 amide bonds. The topological polar surface area (TPSA) is 61.8 Å². The van der Waals surface area contributed by atoms with Crippen LogP contribution >= 0.6 is 0 Å². The summed E-state index contributed by atoms with van der Waals surface area (Å²) in [5, 5.41) is 3.72. The number of carbonyl (C=O) groups is 2. The molecular formula is C15H18FN3O2. The molecule has 1 saturated heterocycles. The molecule has 0 unspecified atom stereocenters. The third-order valence-corrected chi connectivity index (χ3v) is 3.34. The number of hydrogen-bond acceptors (Lipinski definition) is 3. The maximum absolute atomic E-state index is 12.7. The number of nitrogens with one attached hydrogen (secondary N) is 1. The summed E-state index contributed by atoms with van der Waals surface area (Å²) in [7, 11) is 0. The van der Waals surface area contributed by atoms with Crippen LogP contribution in [-0.4, -0.2) is 36.0 Å². The molecular weight excluding hydrogens is 273 g/mol. The number of likely N-dealkylation sites (tertiary alicyclic amines) is 1. The van der Waals surface area contributed by atoms with Gasteiger partial charge < -0.3 is 4.90 Å². The Balaban J connectivity index is 1.85. The van der Waals surface area contributed by atoms with E-state index in [4.69, 9.17) is 0 Å². The van der Waals surface area contributed by atoms with Crippen LogP contribution in [0.1, 0.15) is 31.2 Å². The third-order valence-electron chi connectivity index (χ3n) is 3.34. The molecule has 0 bridgehead atoms. The standard InChI is InChI=1S/C15H18FN3O2/c16-13-7-5-12(6-8-13)11-17-18-14(20)15(21)19-9-3-1-2-4-10-19/h5-8,11H,1-4,9-10H2,(H,18,20)/b17-11-. The van der Waals surface area contributed by atoms with E-state index < -0.39 is 11.8 Å². The van der Waals surface area contributed by atoms with E-state index in [9.17, 15) is 14.0 Å². The SMILES string of the molecule is O=C(N/N=C\c1ccc(F)cc1)C(=O)N1CCCCCC1. The second-order valence-electron chi connectivity index (χ2n) is 4.96. The molecule has 1 aromatic rings. The molecule has 0 radical (unpaired) electrons. The van der Waals surface area contributed by atoms with Gasteiger partial charge in [0.2, 0.25) is 0 Å². The molecule has 2 rings (SSSR count). The Hall–Kier alpha value is -2.24. The van der Waals surface area contributed by atoms with Gasteiger partial charge in [-0.2, -0.15) is 5.10 Å². The van der Waals surface area contributed by atoms with Crippen molar-refractivity contribution in [3.63, 3.8) is 0 Å². The summed E-state index contributed by atoms with van der Waals surface area (Å²) in [6, 6.07) is 5.65. The van der Waals surface area contributed by atoms with E-state index in [-0.39, 0.29) is 5.82 Å². The highest BCUT2D eigenvalue weighted by Crippen LogP contribution is 2.09. The Bertz CT molecular complexity index is 520. The first-order valence-electron chi connectivity index (χ1n) is 7.05. The number of nitrogens with zero attached hydrogens (tertiary/aromatic N) is 2. The zero-order valence-corrected chi connectivity index (χ0v) is 11.7. The molecule has 112 valence electrons. The molecule has 1 fully saturated rings. The first-order chi connectivity index (χ1) is 10.2. The minimum atomic E-state index is -0.740. The monoisotopic (exact) mass is 291 g/mol. The van der Waals surface area contributed by atoms with Crippen LogP contribution in [0.5, 0.6) is 0 Å². The summed E-state index contributed by atoms with van der Waals surface area (Å²) in [5.74, 6) is -1.63. The Morgan fingerprint density at radius 2 is 1.71 bits per heavy atom. The van der Waals surface area contributed by atoms with E-state index >= 15 is 0 Å². The number of benzene rings is 1. The van der Waals surface area contributed by atoms with E-state index in [2.05, 4.69) is 10.5 Å². The van der Waals surface area contributed by atoms with E-state index in [0.29, 0.717) is 18.7 Å². The second kappa shape index (κ2) is 7.52. The Kier molecular flexibility index (Phi) is 5.43. The average molecular weight is 291 g/mol. The smallest absolute Gasteiger partial charge is 0.329 e. The van der Waals surface area contributed by atoms with Crippen molar-refractivity contribution in [1.29, 1.82) is 0 Å². The van der Waals surface area contributed by atoms with Crippen molar-refractivity contribution in [2.45, 2.75) is 25.7 Å². The fraction of sp³-hybridized carbons (Fsp3) is 0.400. The molecule has 0 saturated carbocycles. The van der Waals surface area contributed by atoms with Gasteiger partial charge in [0.05, 0.1) is 6.21 Å². The van der Waals surface area contributed by atoms with Gasteiger partial charge in [0.25, 0.3) is 0 Å². The molecule has 1 aliphatic rings. The Labute approximate surface area is 122 Å². The zero-order valence-electron chi connectivity index (χ0n) is 11.7. The highest BCUT2D eigenvalue weighted by molar-refractivity contribution is 6.35. The van der Waals surface area contributed by atoms with Crippen LogP contribution < -0.4 is 5.43 Å². The van der Waals surface area contributed by atoms with Crippen molar-refractivity contribution >= 4 is 18.0 Å². The van der Waals surface area contributed by atoms with E-state index in [1.807, 2.05) is 0 Å². The molecule has 1 heterocycles. The van der Waals surface area contributed by atoms with Gasteiger partial charge in [0.1, 0.15) is 5.82 Å². The number of rotatable bonds is 2. The summed E-state index contributed by atoms with van der Waals surface area (Å²) in [6.07, 6.45) is 5.41. The van der Waals surface area contributed by atoms with Gasteiger partial charge in [0.15, 0.2) is 0 Å². The lowest BCUT2D eigenvalue weighted by Crippen LogP contribution is -2.41. The van der Waals surface area contributed by atoms with Crippen molar-refractivity contribution in [2.24, 2.45) is 5.10 Å². The van der Waals surface area contributed by atoms with Gasteiger partial charge in [0, 0.05) is 13.1 Å². The van der Waals surface area contributed by atoms with E-state index in [1.54, 1.807) is 4.90 Å². The van der Waals surface area contributed by atoms with Gasteiger partial charge in [-0.3, -0.25) is 9.59 Å². The van der Waals surface area contributed by atoms with E-state index in [1.165, 1.54) is 30.5 Å². The van der Waals surface area contributed by atoms with Crippen LogP contribution in [0.4, 0.5) is 4.39 Å². The molecule has 0 atom stereocenters. The number of hydrazone groups is 1. The predicted octanol–water partition coefficient (Wildman–Crippen LogP) is 1.68. The minimum absolute atomic E-state index is 0.340. The molecule has 1 aliphatic heterocycles. The third kappa shape index (κ3) is 4.66. The van der Waals surface area contributed by atoms with E-state index in [0.717, 1.165) is 25.7 Å². The van der Waals surface area contributed by atoms with Crippen molar-refractivity contribution in [3.05, 3.63) is 35.6 Å². The maximum atomic E-state index is 12.7. The van der Waals surface area contributed by atoms with Crippen LogP contribution in [0, 0.1) is 5.82 Å². The van der Waals surface area contributed by atoms with Crippen molar-refractivity contribution in [1.82, 2.24) is 10.3 Å². The van der Waals surface area contributed by atoms with Crippen molar-refractivity contribution in [3.8, 4) is 0 Å². The zero-order chi connectivity index (χ0) is 15.1. The summed E-state index contributed by atoms with van der Waals surface area (Å²) < 4.78 is 12.7. The van der Waals surface area contributed by atoms with Crippen LogP contribution in [0.25, 0.3) is 0 Å². The van der Waals surface area contributed by atoms with Gasteiger partial charge in [-0.25, -0.2) is 9.82 Å². The highest BCUT2D eigenvalue weighted by Gasteiger charge is 2.21. The Morgan fingerprint density at radius 3 is 2.33 bits per heavy atom. The summed E-state index contributed by atoms with van der Waals surface area (Å²) in [6.45, 7) is 1.24. The average Bonchev–Trinajstić information content (AvgIpc) is 2.77. The molecule has 21 heavy (non-hydrogen) atoms. The number of hydrogen-bond donors (Lipinski definition) is 1. The molecule has 0 spiro atoms. The largest absolute Gasteiger partial charge is 0.334 e. The van der Waals surface area contributed by atoms with Crippen LogP contribution in [-0.2, 0) is 9.59 Å². The summed E-state index contributed by atoms with van der Waals surface area (Å²) in [4.78, 5) is 25.2. The van der Waals surface area contributed by atoms with Crippen molar-refractivity contribution in [2.75, 3.05) is 13.1 Å². The molecule has 0 aliphatic carbocycles. The molecule has 0 aromatic heterocycles. The molecule has 6 heteroatoms. The summed E-state index contributed by atoms with van der Waals surface area (Å²) >= 11 is 0. The predicted molar refractivity (Wildman–Crippen MR) is 77.2 cm³/mol. The van der Waals surface area contributed by atoms with Gasteiger partial charge >= 0.3 is 11.8 Å². The summed E-state index contributed by atoms with van der Waals surface area (Å²) in [5.41, 5.74) is 2.85. The highest BCUT2D eigenvalue weighted by atomic mass is 19.1. The number of amides is 2. The van der Waals surface area contributed by atoms with Crippen molar-refractivity contribution < 1.29 is 14.0 Å². The van der Waals surface area contributed by atoms with Crippen LogP contribution in [0.15, 0.2) is 29.4 Å². The molecule has 5 nitrogen and oxygen atoms in total. The van der Waals surface area contributed by atoms with Gasteiger partial charge in [-0.15, -0.1) is 0 Å². The lowest BCUT2D eigenvalue weighted by atomic mass is 10.2. The van der Waals surface area contributed by atoms with Crippen LogP contribution in [0.2, 0.25) is 0 Å². The van der Waals surface area contributed by atoms with Crippen LogP contribution in [0.3, 0.4) is 0 Å². The first-order valence-corrected chi connectivity index (χ1v) is 7.05. The van der Waals surface area contributed by atoms with Gasteiger partial charge in [-0.05, 0) is 30.5 Å². The minimum Gasteiger partial charge on any atom is -0.334 e. The normalized spacial score (nSPS) is 15.8. The first kappa shape index (κ1) is 15.2. The fourth-order valence-electron chi connectivity index (χ4n) is 2.18. The second-order valence-corrected chi connectivity index (χ2v) is 4.96. The number of halogens is 1. The molecule has 1 aromatic carbocycles. The number of carbonyl (C=O) groups excluding carboxylic acids is 2. The Morgan fingerprint density at radius 1 is 1.10 bits per heavy atom. The lowest BCUT2D eigenvalue weighted by Gasteiger charge is -2.18. The molecule has 1 N–H and O–H groups in total.